The van der Waals surface area contributed by atoms with Gasteiger partial charge in [0.1, 0.15) is 0 Å². The van der Waals surface area contributed by atoms with Crippen LogP contribution in [0, 0.1) is 0 Å². The summed E-state index contributed by atoms with van der Waals surface area (Å²) in [6.07, 6.45) is 0. The predicted molar refractivity (Wildman–Crippen MR) is 76.8 cm³/mol. The number of aromatic nitrogens is 2. The molecule has 0 radical (unpaired) electrons. The molecule has 4 nitrogen and oxygen atoms in total. The highest BCUT2D eigenvalue weighted by Crippen LogP contribution is 2.30. The van der Waals surface area contributed by atoms with Gasteiger partial charge in [-0.15, -0.1) is 10.2 Å². The van der Waals surface area contributed by atoms with E-state index in [-0.39, 0.29) is 5.60 Å². The predicted octanol–water partition coefficient (Wildman–Crippen LogP) is 2.90. The Morgan fingerprint density at radius 2 is 1.95 bits per heavy atom. The van der Waals surface area contributed by atoms with Gasteiger partial charge in [0.2, 0.25) is 0 Å². The standard InChI is InChI=1S/C14H16ClN3O/c1-14(2)9-18(7-8-19-14)13-11-6-4-3-5-10(11)12(15)16-17-13/h3-6H,7-9H2,1-2H3. The van der Waals surface area contributed by atoms with E-state index in [2.05, 4.69) is 28.9 Å². The molecule has 0 unspecified atom stereocenters. The first kappa shape index (κ1) is 12.6. The number of hydrogen-bond donors (Lipinski definition) is 0. The quantitative estimate of drug-likeness (QED) is 0.803. The minimum Gasteiger partial charge on any atom is -0.372 e. The lowest BCUT2D eigenvalue weighted by Crippen LogP contribution is -2.48. The molecule has 100 valence electrons. The average molecular weight is 278 g/mol. The topological polar surface area (TPSA) is 38.2 Å². The fourth-order valence-corrected chi connectivity index (χ4v) is 2.69. The van der Waals surface area contributed by atoms with Crippen molar-refractivity contribution in [3.63, 3.8) is 0 Å². The third-order valence-corrected chi connectivity index (χ3v) is 3.63. The van der Waals surface area contributed by atoms with E-state index in [1.807, 2.05) is 24.3 Å². The van der Waals surface area contributed by atoms with E-state index in [0.717, 1.165) is 29.7 Å². The molecule has 1 fully saturated rings. The van der Waals surface area contributed by atoms with Crippen LogP contribution in [0.2, 0.25) is 5.15 Å². The van der Waals surface area contributed by atoms with Crippen molar-refractivity contribution in [2.24, 2.45) is 0 Å². The Bertz CT molecular complexity index is 615. The monoisotopic (exact) mass is 277 g/mol. The maximum absolute atomic E-state index is 6.11. The summed E-state index contributed by atoms with van der Waals surface area (Å²) < 4.78 is 5.74. The molecule has 1 aromatic heterocycles. The summed E-state index contributed by atoms with van der Waals surface area (Å²) in [6.45, 7) is 6.50. The highest BCUT2D eigenvalue weighted by atomic mass is 35.5. The normalized spacial score (nSPS) is 18.8. The molecule has 1 aliphatic heterocycles. The van der Waals surface area contributed by atoms with E-state index >= 15 is 0 Å². The van der Waals surface area contributed by atoms with Crippen LogP contribution in [0.25, 0.3) is 10.8 Å². The van der Waals surface area contributed by atoms with Crippen molar-refractivity contribution in [3.05, 3.63) is 29.4 Å². The van der Waals surface area contributed by atoms with Crippen LogP contribution in [0.15, 0.2) is 24.3 Å². The Morgan fingerprint density at radius 1 is 1.21 bits per heavy atom. The zero-order chi connectivity index (χ0) is 13.5. The molecule has 5 heteroatoms. The summed E-state index contributed by atoms with van der Waals surface area (Å²) in [5.74, 6) is 0.886. The first-order valence-electron chi connectivity index (χ1n) is 6.37. The zero-order valence-electron chi connectivity index (χ0n) is 11.1. The minimum absolute atomic E-state index is 0.166. The van der Waals surface area contributed by atoms with E-state index in [9.17, 15) is 0 Å². The smallest absolute Gasteiger partial charge is 0.159 e. The molecule has 0 amide bonds. The molecule has 2 heterocycles. The van der Waals surface area contributed by atoms with Crippen LogP contribution in [0.4, 0.5) is 5.82 Å². The Balaban J connectivity index is 2.08. The van der Waals surface area contributed by atoms with Crippen molar-refractivity contribution in [1.82, 2.24) is 10.2 Å². The van der Waals surface area contributed by atoms with E-state index in [4.69, 9.17) is 16.3 Å². The summed E-state index contributed by atoms with van der Waals surface area (Å²) in [5, 5.41) is 10.8. The van der Waals surface area contributed by atoms with E-state index in [0.29, 0.717) is 11.8 Å². The van der Waals surface area contributed by atoms with Gasteiger partial charge in [-0.25, -0.2) is 0 Å². The van der Waals surface area contributed by atoms with Crippen LogP contribution >= 0.6 is 11.6 Å². The zero-order valence-corrected chi connectivity index (χ0v) is 11.8. The molecule has 0 N–H and O–H groups in total. The first-order valence-corrected chi connectivity index (χ1v) is 6.74. The lowest BCUT2D eigenvalue weighted by atomic mass is 10.1. The number of benzene rings is 1. The third-order valence-electron chi connectivity index (χ3n) is 3.35. The first-order chi connectivity index (χ1) is 9.07. The second kappa shape index (κ2) is 4.62. The van der Waals surface area contributed by atoms with Gasteiger partial charge in [-0.2, -0.15) is 0 Å². The number of halogens is 1. The molecule has 0 bridgehead atoms. The second-order valence-electron chi connectivity index (χ2n) is 5.39. The van der Waals surface area contributed by atoms with Gasteiger partial charge in [-0.1, -0.05) is 35.9 Å². The lowest BCUT2D eigenvalue weighted by molar-refractivity contribution is -0.0278. The van der Waals surface area contributed by atoms with Crippen LogP contribution in [0.1, 0.15) is 13.8 Å². The van der Waals surface area contributed by atoms with Crippen molar-refractivity contribution in [2.45, 2.75) is 19.4 Å². The van der Waals surface area contributed by atoms with Gasteiger partial charge in [0.05, 0.1) is 12.2 Å². The molecular weight excluding hydrogens is 262 g/mol. The lowest BCUT2D eigenvalue weighted by Gasteiger charge is -2.38. The molecule has 2 aromatic rings. The summed E-state index contributed by atoms with van der Waals surface area (Å²) >= 11 is 6.11. The summed E-state index contributed by atoms with van der Waals surface area (Å²) in [5.41, 5.74) is -0.166. The number of ether oxygens (including phenoxy) is 1. The van der Waals surface area contributed by atoms with Gasteiger partial charge in [0, 0.05) is 23.9 Å². The van der Waals surface area contributed by atoms with Gasteiger partial charge in [-0.05, 0) is 13.8 Å². The molecular formula is C14H16ClN3O. The van der Waals surface area contributed by atoms with Gasteiger partial charge < -0.3 is 9.64 Å². The number of morpholine rings is 1. The van der Waals surface area contributed by atoms with E-state index in [1.54, 1.807) is 0 Å². The summed E-state index contributed by atoms with van der Waals surface area (Å²) in [6, 6.07) is 7.97. The summed E-state index contributed by atoms with van der Waals surface area (Å²) in [7, 11) is 0. The molecule has 0 spiro atoms. The molecule has 19 heavy (non-hydrogen) atoms. The highest BCUT2D eigenvalue weighted by molar-refractivity contribution is 6.34. The Hall–Kier alpha value is -1.39. The number of rotatable bonds is 1. The highest BCUT2D eigenvalue weighted by Gasteiger charge is 2.29. The second-order valence-corrected chi connectivity index (χ2v) is 5.75. The molecule has 1 saturated heterocycles. The van der Waals surface area contributed by atoms with Crippen molar-refractivity contribution in [2.75, 3.05) is 24.6 Å². The third kappa shape index (κ3) is 2.38. The molecule has 3 rings (SSSR count). The van der Waals surface area contributed by atoms with Crippen LogP contribution in [-0.2, 0) is 4.74 Å². The van der Waals surface area contributed by atoms with Gasteiger partial charge in [0.15, 0.2) is 11.0 Å². The van der Waals surface area contributed by atoms with Crippen molar-refractivity contribution >= 4 is 28.2 Å². The molecule has 1 aromatic carbocycles. The minimum atomic E-state index is -0.166. The average Bonchev–Trinajstić information content (AvgIpc) is 2.38. The van der Waals surface area contributed by atoms with Crippen LogP contribution in [0.3, 0.4) is 0 Å². The number of nitrogens with zero attached hydrogens (tertiary/aromatic N) is 3. The number of hydrogen-bond acceptors (Lipinski definition) is 4. The van der Waals surface area contributed by atoms with Gasteiger partial charge >= 0.3 is 0 Å². The van der Waals surface area contributed by atoms with Crippen LogP contribution in [-0.4, -0.2) is 35.5 Å². The Kier molecular flexibility index (Phi) is 3.07. The maximum atomic E-state index is 6.11. The van der Waals surface area contributed by atoms with E-state index < -0.39 is 0 Å². The molecule has 1 aliphatic rings. The largest absolute Gasteiger partial charge is 0.372 e. The van der Waals surface area contributed by atoms with Gasteiger partial charge in [-0.3, -0.25) is 0 Å². The SMILES string of the molecule is CC1(C)CN(c2nnc(Cl)c3ccccc23)CCO1. The molecule has 0 saturated carbocycles. The number of anilines is 1. The Morgan fingerprint density at radius 3 is 2.68 bits per heavy atom. The van der Waals surface area contributed by atoms with Gasteiger partial charge in [0.25, 0.3) is 0 Å². The summed E-state index contributed by atoms with van der Waals surface area (Å²) in [4.78, 5) is 2.22. The molecule has 0 aliphatic carbocycles. The fourth-order valence-electron chi connectivity index (χ4n) is 2.49. The van der Waals surface area contributed by atoms with E-state index in [1.165, 1.54) is 0 Å². The van der Waals surface area contributed by atoms with Crippen LogP contribution < -0.4 is 4.90 Å². The van der Waals surface area contributed by atoms with Crippen molar-refractivity contribution < 1.29 is 4.74 Å². The van der Waals surface area contributed by atoms with Crippen molar-refractivity contribution in [1.29, 1.82) is 0 Å². The molecule has 0 atom stereocenters. The van der Waals surface area contributed by atoms with Crippen LogP contribution in [0.5, 0.6) is 0 Å². The number of fused-ring (bicyclic) bond motifs is 1. The maximum Gasteiger partial charge on any atom is 0.159 e. The Labute approximate surface area is 117 Å². The fraction of sp³-hybridized carbons (Fsp3) is 0.429. The van der Waals surface area contributed by atoms with Crippen molar-refractivity contribution in [3.8, 4) is 0 Å².